The topological polar surface area (TPSA) is 29.1 Å². The van der Waals surface area contributed by atoms with Crippen molar-refractivity contribution in [2.24, 2.45) is 0 Å². The molecule has 0 saturated heterocycles. The molecule has 0 aliphatic heterocycles. The normalized spacial score (nSPS) is 10.9. The first-order valence-electron chi connectivity index (χ1n) is 8.08. The second kappa shape index (κ2) is 7.77. The lowest BCUT2D eigenvalue weighted by atomic mass is 9.96. The second-order valence-corrected chi connectivity index (χ2v) is 6.69. The Kier molecular flexibility index (Phi) is 5.75. The summed E-state index contributed by atoms with van der Waals surface area (Å²) < 4.78 is 0. The van der Waals surface area contributed by atoms with E-state index in [0.29, 0.717) is 6.42 Å². The van der Waals surface area contributed by atoms with E-state index in [1.807, 2.05) is 57.2 Å². The third-order valence-electron chi connectivity index (χ3n) is 3.40. The highest BCUT2D eigenvalue weighted by atomic mass is 16.1. The molecule has 2 heteroatoms. The number of hydrogen-bond donors (Lipinski definition) is 1. The lowest BCUT2D eigenvalue weighted by Gasteiger charge is -2.20. The molecule has 0 aromatic heterocycles. The molecule has 0 spiro atoms. The van der Waals surface area contributed by atoms with Crippen molar-refractivity contribution in [3.05, 3.63) is 77.9 Å². The molecule has 1 amide bonds. The van der Waals surface area contributed by atoms with Gasteiger partial charge in [0.2, 0.25) is 5.91 Å². The van der Waals surface area contributed by atoms with Crippen molar-refractivity contribution < 1.29 is 4.79 Å². The van der Waals surface area contributed by atoms with E-state index in [0.717, 1.165) is 6.42 Å². The van der Waals surface area contributed by atoms with Crippen molar-refractivity contribution in [2.75, 3.05) is 0 Å². The minimum absolute atomic E-state index is 0.0919. The van der Waals surface area contributed by atoms with E-state index in [9.17, 15) is 4.79 Å². The third-order valence-corrected chi connectivity index (χ3v) is 3.40. The van der Waals surface area contributed by atoms with Gasteiger partial charge in [-0.3, -0.25) is 4.79 Å². The van der Waals surface area contributed by atoms with Gasteiger partial charge in [0, 0.05) is 12.0 Å². The van der Waals surface area contributed by atoms with Crippen molar-refractivity contribution in [3.63, 3.8) is 0 Å². The van der Waals surface area contributed by atoms with Gasteiger partial charge in [-0.05, 0) is 43.9 Å². The van der Waals surface area contributed by atoms with E-state index >= 15 is 0 Å². The number of carbonyl (C=O) groups excluding carboxylic acids is 1. The molecule has 0 heterocycles. The predicted molar refractivity (Wildman–Crippen MR) is 97.1 cm³/mol. The molecule has 0 saturated carbocycles. The van der Waals surface area contributed by atoms with Crippen LogP contribution in [0.2, 0.25) is 0 Å². The van der Waals surface area contributed by atoms with Crippen LogP contribution in [-0.4, -0.2) is 11.4 Å². The highest BCUT2D eigenvalue weighted by Crippen LogP contribution is 2.24. The van der Waals surface area contributed by atoms with E-state index in [1.54, 1.807) is 0 Å². The van der Waals surface area contributed by atoms with E-state index < -0.39 is 0 Å². The van der Waals surface area contributed by atoms with Gasteiger partial charge >= 0.3 is 0 Å². The quantitative estimate of drug-likeness (QED) is 0.843. The van der Waals surface area contributed by atoms with Gasteiger partial charge in [-0.1, -0.05) is 66.7 Å². The molecule has 2 aromatic rings. The summed E-state index contributed by atoms with van der Waals surface area (Å²) in [5.41, 5.74) is 3.35. The molecule has 0 bridgehead atoms. The predicted octanol–water partition coefficient (Wildman–Crippen LogP) is 4.81. The first-order valence-corrected chi connectivity index (χ1v) is 8.08. The van der Waals surface area contributed by atoms with Crippen LogP contribution >= 0.6 is 0 Å². The Morgan fingerprint density at radius 2 is 1.39 bits per heavy atom. The Morgan fingerprint density at radius 1 is 0.913 bits per heavy atom. The lowest BCUT2D eigenvalue weighted by Crippen LogP contribution is -2.40. The smallest absolute Gasteiger partial charge is 0.220 e. The molecular weight excluding hydrogens is 282 g/mol. The van der Waals surface area contributed by atoms with Crippen LogP contribution in [0, 0.1) is 0 Å². The zero-order valence-electron chi connectivity index (χ0n) is 14.2. The number of hydrogen-bond acceptors (Lipinski definition) is 1. The van der Waals surface area contributed by atoms with Crippen LogP contribution in [0.5, 0.6) is 0 Å². The summed E-state index contributed by atoms with van der Waals surface area (Å²) in [6.45, 7) is 6.00. The number of rotatable bonds is 5. The summed E-state index contributed by atoms with van der Waals surface area (Å²) in [6.07, 6.45) is 3.38. The summed E-state index contributed by atoms with van der Waals surface area (Å²) in [5, 5.41) is 3.00. The average molecular weight is 307 g/mol. The maximum atomic E-state index is 12.0. The molecular formula is C21H25NO. The van der Waals surface area contributed by atoms with Gasteiger partial charge in [-0.2, -0.15) is 0 Å². The van der Waals surface area contributed by atoms with Crippen LogP contribution in [0.4, 0.5) is 0 Å². The maximum absolute atomic E-state index is 12.0. The first kappa shape index (κ1) is 17.0. The number of carbonyl (C=O) groups is 1. The van der Waals surface area contributed by atoms with Gasteiger partial charge < -0.3 is 5.32 Å². The number of nitrogens with one attached hydrogen (secondary N) is 1. The molecule has 0 aliphatic rings. The molecule has 23 heavy (non-hydrogen) atoms. The molecule has 2 nitrogen and oxygen atoms in total. The molecule has 2 rings (SSSR count). The van der Waals surface area contributed by atoms with Crippen LogP contribution in [0.25, 0.3) is 5.57 Å². The van der Waals surface area contributed by atoms with Crippen molar-refractivity contribution in [1.82, 2.24) is 5.32 Å². The number of amides is 1. The van der Waals surface area contributed by atoms with Crippen LogP contribution in [0.15, 0.2) is 66.7 Å². The Hall–Kier alpha value is -2.35. The zero-order chi connectivity index (χ0) is 16.7. The molecule has 0 atom stereocenters. The van der Waals surface area contributed by atoms with Gasteiger partial charge in [0.25, 0.3) is 0 Å². The monoisotopic (exact) mass is 307 g/mol. The fraction of sp³-hybridized carbons (Fsp3) is 0.286. The number of allylic oxidation sites excluding steroid dienone is 1. The highest BCUT2D eigenvalue weighted by molar-refractivity contribution is 5.81. The summed E-state index contributed by atoms with van der Waals surface area (Å²) in [6, 6.07) is 20.6. The minimum atomic E-state index is -0.178. The molecule has 0 unspecified atom stereocenters. The summed E-state index contributed by atoms with van der Waals surface area (Å²) in [4.78, 5) is 12.0. The summed E-state index contributed by atoms with van der Waals surface area (Å²) >= 11 is 0. The molecule has 0 fully saturated rings. The fourth-order valence-corrected chi connectivity index (χ4v) is 2.47. The van der Waals surface area contributed by atoms with Crippen LogP contribution in [-0.2, 0) is 4.79 Å². The average Bonchev–Trinajstić information content (AvgIpc) is 2.51. The van der Waals surface area contributed by atoms with Crippen LogP contribution in [0.3, 0.4) is 0 Å². The second-order valence-electron chi connectivity index (χ2n) is 6.69. The van der Waals surface area contributed by atoms with E-state index in [4.69, 9.17) is 0 Å². The third kappa shape index (κ3) is 5.74. The van der Waals surface area contributed by atoms with Crippen LogP contribution in [0.1, 0.15) is 44.7 Å². The first-order chi connectivity index (χ1) is 11.0. The van der Waals surface area contributed by atoms with Gasteiger partial charge in [0.1, 0.15) is 0 Å². The Labute approximate surface area is 139 Å². The lowest BCUT2D eigenvalue weighted by molar-refractivity contribution is -0.122. The zero-order valence-corrected chi connectivity index (χ0v) is 14.2. The molecule has 2 aromatic carbocycles. The standard InChI is InChI=1S/C21H25NO/c1-21(2,3)22-20(23)16-10-15-19(17-11-6-4-7-12-17)18-13-8-5-9-14-18/h4-9,11-15H,10,16H2,1-3H3,(H,22,23). The fourth-order valence-electron chi connectivity index (χ4n) is 2.47. The van der Waals surface area contributed by atoms with Crippen molar-refractivity contribution >= 4 is 11.5 Å². The van der Waals surface area contributed by atoms with Gasteiger partial charge in [-0.15, -0.1) is 0 Å². The van der Waals surface area contributed by atoms with E-state index in [2.05, 4.69) is 35.7 Å². The largest absolute Gasteiger partial charge is 0.352 e. The molecule has 0 aliphatic carbocycles. The van der Waals surface area contributed by atoms with Crippen molar-refractivity contribution in [1.29, 1.82) is 0 Å². The van der Waals surface area contributed by atoms with Gasteiger partial charge in [0.05, 0.1) is 0 Å². The summed E-state index contributed by atoms with van der Waals surface area (Å²) in [5.74, 6) is 0.0919. The van der Waals surface area contributed by atoms with Crippen LogP contribution < -0.4 is 5.32 Å². The van der Waals surface area contributed by atoms with E-state index in [-0.39, 0.29) is 11.4 Å². The highest BCUT2D eigenvalue weighted by Gasteiger charge is 2.13. The molecule has 0 radical (unpaired) electrons. The van der Waals surface area contributed by atoms with Gasteiger partial charge in [0.15, 0.2) is 0 Å². The SMILES string of the molecule is CC(C)(C)NC(=O)CCC=C(c1ccccc1)c1ccccc1. The Balaban J connectivity index is 2.14. The van der Waals surface area contributed by atoms with Gasteiger partial charge in [-0.25, -0.2) is 0 Å². The number of benzene rings is 2. The Bertz CT molecular complexity index is 610. The Morgan fingerprint density at radius 3 is 1.83 bits per heavy atom. The summed E-state index contributed by atoms with van der Waals surface area (Å²) in [7, 11) is 0. The minimum Gasteiger partial charge on any atom is -0.352 e. The molecule has 120 valence electrons. The molecule has 1 N–H and O–H groups in total. The van der Waals surface area contributed by atoms with Crippen molar-refractivity contribution in [2.45, 2.75) is 39.2 Å². The van der Waals surface area contributed by atoms with E-state index in [1.165, 1.54) is 16.7 Å². The maximum Gasteiger partial charge on any atom is 0.220 e. The van der Waals surface area contributed by atoms with Crippen molar-refractivity contribution in [3.8, 4) is 0 Å².